The first kappa shape index (κ1) is 26.3. The van der Waals surface area contributed by atoms with Gasteiger partial charge in [0.15, 0.2) is 0 Å². The monoisotopic (exact) mass is 537 g/mol. The first-order valence-corrected chi connectivity index (χ1v) is 12.5. The Bertz CT molecular complexity index is 1590. The van der Waals surface area contributed by atoms with E-state index in [1.54, 1.807) is 54.6 Å². The molecule has 0 saturated carbocycles. The molecule has 1 aliphatic rings. The Kier molecular flexibility index (Phi) is 7.37. The highest BCUT2D eigenvalue weighted by Gasteiger charge is 2.39. The van der Waals surface area contributed by atoms with Gasteiger partial charge in [-0.1, -0.05) is 66.7 Å². The number of fused-ring (bicyclic) bond motifs is 1. The molecule has 0 aromatic heterocycles. The molecule has 200 valence electrons. The fourth-order valence-electron chi connectivity index (χ4n) is 4.66. The second-order valence-electron chi connectivity index (χ2n) is 9.27. The van der Waals surface area contributed by atoms with Crippen molar-refractivity contribution >= 4 is 35.1 Å². The molecule has 8 nitrogen and oxygen atoms in total. The summed E-state index contributed by atoms with van der Waals surface area (Å²) < 4.78 is 14.0. The van der Waals surface area contributed by atoms with Gasteiger partial charge in [0.25, 0.3) is 17.7 Å². The standard InChI is InChI=1S/C31H24FN3O5/c32-23-13-7-12-22(17-23)30(38)35-26-15-14-21(18-24(26)33-29(37)27(35)20-10-5-2-6-11-20)28(36)34-25(31(39)40)16-19-8-3-1-4-9-19/h1-15,17-18,25,27H,16H2,(H,33,37)(H,34,36)(H,39,40). The molecule has 9 heteroatoms. The predicted molar refractivity (Wildman–Crippen MR) is 147 cm³/mol. The quantitative estimate of drug-likeness (QED) is 0.319. The summed E-state index contributed by atoms with van der Waals surface area (Å²) in [5.41, 5.74) is 1.92. The number of carbonyl (C=O) groups excluding carboxylic acids is 3. The third-order valence-electron chi connectivity index (χ3n) is 6.57. The maximum absolute atomic E-state index is 14.0. The minimum atomic E-state index is -1.19. The van der Waals surface area contributed by atoms with Crippen molar-refractivity contribution in [2.45, 2.75) is 18.5 Å². The Morgan fingerprint density at radius 1 is 0.875 bits per heavy atom. The summed E-state index contributed by atoms with van der Waals surface area (Å²) in [4.78, 5) is 53.2. The van der Waals surface area contributed by atoms with Crippen LogP contribution in [0.3, 0.4) is 0 Å². The summed E-state index contributed by atoms with van der Waals surface area (Å²) in [6.45, 7) is 0. The largest absolute Gasteiger partial charge is 0.480 e. The van der Waals surface area contributed by atoms with Gasteiger partial charge < -0.3 is 15.7 Å². The molecule has 5 rings (SSSR count). The van der Waals surface area contributed by atoms with Crippen LogP contribution in [0.25, 0.3) is 0 Å². The average Bonchev–Trinajstić information content (AvgIpc) is 2.96. The number of halogens is 1. The molecule has 3 amide bonds. The molecule has 3 N–H and O–H groups in total. The number of carboxylic acids is 1. The molecule has 0 saturated heterocycles. The number of carboxylic acid groups (broad SMARTS) is 1. The van der Waals surface area contributed by atoms with Crippen molar-refractivity contribution in [3.63, 3.8) is 0 Å². The Labute approximate surface area is 229 Å². The summed E-state index contributed by atoms with van der Waals surface area (Å²) >= 11 is 0. The van der Waals surface area contributed by atoms with E-state index in [0.717, 1.165) is 11.6 Å². The molecule has 4 aromatic carbocycles. The average molecular weight is 538 g/mol. The number of amides is 3. The van der Waals surface area contributed by atoms with Crippen molar-refractivity contribution in [2.24, 2.45) is 0 Å². The number of hydrogen-bond acceptors (Lipinski definition) is 4. The van der Waals surface area contributed by atoms with Gasteiger partial charge in [0.1, 0.15) is 17.9 Å². The van der Waals surface area contributed by atoms with Crippen LogP contribution >= 0.6 is 0 Å². The Morgan fingerprint density at radius 2 is 1.57 bits per heavy atom. The lowest BCUT2D eigenvalue weighted by Crippen LogP contribution is -2.45. The summed E-state index contributed by atoms with van der Waals surface area (Å²) in [5.74, 6) is -3.57. The number of hydrogen-bond donors (Lipinski definition) is 3. The topological polar surface area (TPSA) is 116 Å². The van der Waals surface area contributed by atoms with Gasteiger partial charge in [-0.3, -0.25) is 19.3 Å². The summed E-state index contributed by atoms with van der Waals surface area (Å²) in [7, 11) is 0. The van der Waals surface area contributed by atoms with Gasteiger partial charge >= 0.3 is 5.97 Å². The van der Waals surface area contributed by atoms with Crippen LogP contribution in [0.2, 0.25) is 0 Å². The molecule has 0 spiro atoms. The van der Waals surface area contributed by atoms with E-state index in [-0.39, 0.29) is 23.2 Å². The normalized spacial score (nSPS) is 15.0. The molecule has 2 unspecified atom stereocenters. The number of aliphatic carboxylic acids is 1. The highest BCUT2D eigenvalue weighted by Crippen LogP contribution is 2.40. The van der Waals surface area contributed by atoms with Gasteiger partial charge in [-0.2, -0.15) is 0 Å². The molecular formula is C31H24FN3O5. The van der Waals surface area contributed by atoms with Gasteiger partial charge in [0, 0.05) is 17.5 Å². The molecule has 0 radical (unpaired) electrons. The fraction of sp³-hybridized carbons (Fsp3) is 0.0968. The summed E-state index contributed by atoms with van der Waals surface area (Å²) in [6, 6.07) is 24.9. The van der Waals surface area contributed by atoms with E-state index in [2.05, 4.69) is 10.6 Å². The van der Waals surface area contributed by atoms with E-state index < -0.39 is 41.6 Å². The van der Waals surface area contributed by atoms with Crippen molar-refractivity contribution in [3.05, 3.63) is 131 Å². The number of rotatable bonds is 7. The van der Waals surface area contributed by atoms with Crippen LogP contribution in [0.4, 0.5) is 15.8 Å². The lowest BCUT2D eigenvalue weighted by Gasteiger charge is -2.37. The van der Waals surface area contributed by atoms with Crippen LogP contribution in [0.15, 0.2) is 103 Å². The van der Waals surface area contributed by atoms with Crippen LogP contribution in [0.1, 0.15) is 37.9 Å². The number of nitrogens with zero attached hydrogens (tertiary/aromatic N) is 1. The third kappa shape index (κ3) is 5.44. The Hall–Kier alpha value is -5.31. The maximum Gasteiger partial charge on any atom is 0.326 e. The van der Waals surface area contributed by atoms with Crippen LogP contribution in [0.5, 0.6) is 0 Å². The Balaban J connectivity index is 1.49. The zero-order valence-electron chi connectivity index (χ0n) is 21.1. The van der Waals surface area contributed by atoms with Gasteiger partial charge in [0.2, 0.25) is 0 Å². The molecule has 2 atom stereocenters. The van der Waals surface area contributed by atoms with Crippen LogP contribution in [-0.4, -0.2) is 34.8 Å². The van der Waals surface area contributed by atoms with Crippen molar-refractivity contribution < 1.29 is 28.7 Å². The van der Waals surface area contributed by atoms with E-state index in [1.165, 1.54) is 41.3 Å². The first-order chi connectivity index (χ1) is 19.3. The smallest absolute Gasteiger partial charge is 0.326 e. The van der Waals surface area contributed by atoms with Crippen LogP contribution < -0.4 is 15.5 Å². The molecule has 0 aliphatic carbocycles. The van der Waals surface area contributed by atoms with E-state index in [1.807, 2.05) is 6.07 Å². The predicted octanol–water partition coefficient (Wildman–Crippen LogP) is 4.59. The second-order valence-corrected chi connectivity index (χ2v) is 9.27. The molecule has 0 fully saturated rings. The molecule has 0 bridgehead atoms. The van der Waals surface area contributed by atoms with Crippen LogP contribution in [-0.2, 0) is 16.0 Å². The first-order valence-electron chi connectivity index (χ1n) is 12.5. The van der Waals surface area contributed by atoms with E-state index in [4.69, 9.17) is 0 Å². The van der Waals surface area contributed by atoms with E-state index in [0.29, 0.717) is 11.3 Å². The number of benzene rings is 4. The highest BCUT2D eigenvalue weighted by molar-refractivity contribution is 6.17. The zero-order chi connectivity index (χ0) is 28.2. The molecule has 1 heterocycles. The van der Waals surface area contributed by atoms with Crippen LogP contribution in [0, 0.1) is 5.82 Å². The summed E-state index contributed by atoms with van der Waals surface area (Å²) in [6.07, 6.45) is 0.0816. The molecular weight excluding hydrogens is 513 g/mol. The Morgan fingerprint density at radius 3 is 2.25 bits per heavy atom. The van der Waals surface area contributed by atoms with Crippen molar-refractivity contribution in [1.82, 2.24) is 5.32 Å². The number of anilines is 2. The minimum Gasteiger partial charge on any atom is -0.480 e. The molecule has 1 aliphatic heterocycles. The van der Waals surface area contributed by atoms with Gasteiger partial charge in [-0.15, -0.1) is 0 Å². The van der Waals surface area contributed by atoms with Crippen molar-refractivity contribution in [3.8, 4) is 0 Å². The zero-order valence-corrected chi connectivity index (χ0v) is 21.1. The van der Waals surface area contributed by atoms with Gasteiger partial charge in [0.05, 0.1) is 11.4 Å². The third-order valence-corrected chi connectivity index (χ3v) is 6.57. The fourth-order valence-corrected chi connectivity index (χ4v) is 4.66. The van der Waals surface area contributed by atoms with E-state index >= 15 is 0 Å². The molecule has 40 heavy (non-hydrogen) atoms. The second kappa shape index (κ2) is 11.2. The summed E-state index contributed by atoms with van der Waals surface area (Å²) in [5, 5.41) is 15.0. The highest BCUT2D eigenvalue weighted by atomic mass is 19.1. The maximum atomic E-state index is 14.0. The van der Waals surface area contributed by atoms with E-state index in [9.17, 15) is 28.7 Å². The number of nitrogens with one attached hydrogen (secondary N) is 2. The lowest BCUT2D eigenvalue weighted by atomic mass is 9.97. The van der Waals surface area contributed by atoms with Crippen molar-refractivity contribution in [1.29, 1.82) is 0 Å². The molecule has 4 aromatic rings. The van der Waals surface area contributed by atoms with Gasteiger partial charge in [-0.25, -0.2) is 9.18 Å². The van der Waals surface area contributed by atoms with Crippen molar-refractivity contribution in [2.75, 3.05) is 10.2 Å². The minimum absolute atomic E-state index is 0.0496. The number of carbonyl (C=O) groups is 4. The lowest BCUT2D eigenvalue weighted by molar-refractivity contribution is -0.139. The van der Waals surface area contributed by atoms with Gasteiger partial charge in [-0.05, 0) is 47.5 Å². The SMILES string of the molecule is O=C(NC(Cc1ccccc1)C(=O)O)c1ccc2c(c1)NC(=O)C(c1ccccc1)N2C(=O)c1cccc(F)c1.